The minimum Gasteiger partial charge on any atom is -0.458 e. The molecule has 2 heterocycles. The van der Waals surface area contributed by atoms with Crippen LogP contribution in [0.1, 0.15) is 18.7 Å². The van der Waals surface area contributed by atoms with Gasteiger partial charge in [0.15, 0.2) is 5.60 Å². The average Bonchev–Trinajstić information content (AvgIpc) is 2.69. The topological polar surface area (TPSA) is 47.0 Å². The van der Waals surface area contributed by atoms with E-state index in [4.69, 9.17) is 11.2 Å². The van der Waals surface area contributed by atoms with Gasteiger partial charge in [0, 0.05) is 11.9 Å². The lowest BCUT2D eigenvalue weighted by atomic mass is 10.1. The molecule has 5 heteroatoms. The average molecular weight is 261 g/mol. The summed E-state index contributed by atoms with van der Waals surface area (Å²) in [5.74, 6) is 3.66. The molecule has 0 bridgehead atoms. The predicted molar refractivity (Wildman–Crippen MR) is 75.2 cm³/mol. The van der Waals surface area contributed by atoms with Gasteiger partial charge in [-0.05, 0) is 26.8 Å². The van der Waals surface area contributed by atoms with Crippen molar-refractivity contribution in [2.75, 3.05) is 12.4 Å². The van der Waals surface area contributed by atoms with Crippen LogP contribution < -0.4 is 10.1 Å². The molecule has 0 aliphatic rings. The van der Waals surface area contributed by atoms with Crippen LogP contribution in [-0.2, 0) is 0 Å². The van der Waals surface area contributed by atoms with E-state index in [1.54, 1.807) is 18.4 Å². The fourth-order valence-corrected chi connectivity index (χ4v) is 2.35. The molecule has 2 rings (SSSR count). The third-order valence-corrected chi connectivity index (χ3v) is 3.35. The van der Waals surface area contributed by atoms with E-state index in [2.05, 4.69) is 21.2 Å². The van der Waals surface area contributed by atoms with Gasteiger partial charge in [-0.25, -0.2) is 4.98 Å². The fourth-order valence-electron chi connectivity index (χ4n) is 1.48. The number of terminal acetylenes is 1. The van der Waals surface area contributed by atoms with Crippen LogP contribution in [0.3, 0.4) is 0 Å². The molecule has 0 fully saturated rings. The molecule has 0 aliphatic carbocycles. The normalized spacial score (nSPS) is 11.3. The van der Waals surface area contributed by atoms with Crippen molar-refractivity contribution in [2.45, 2.75) is 26.4 Å². The Kier molecular flexibility index (Phi) is 3.14. The number of hydrogen-bond acceptors (Lipinski definition) is 5. The van der Waals surface area contributed by atoms with Crippen molar-refractivity contribution in [2.24, 2.45) is 0 Å². The van der Waals surface area contributed by atoms with E-state index in [1.165, 1.54) is 0 Å². The standard InChI is InChI=1S/C13H15N3OS/c1-6-13(3,4)17-10-9-7-8(2)18-11(9)16-12(14-5)15-10/h1,7H,2-5H3,(H,14,15,16). The summed E-state index contributed by atoms with van der Waals surface area (Å²) in [7, 11) is 1.78. The van der Waals surface area contributed by atoms with Crippen LogP contribution in [0, 0.1) is 19.3 Å². The van der Waals surface area contributed by atoms with Gasteiger partial charge in [0.2, 0.25) is 11.8 Å². The molecule has 0 radical (unpaired) electrons. The summed E-state index contributed by atoms with van der Waals surface area (Å²) in [6.45, 7) is 5.69. The SMILES string of the molecule is C#CC(C)(C)Oc1nc(NC)nc2sc(C)cc12. The Morgan fingerprint density at radius 1 is 1.44 bits per heavy atom. The molecule has 2 aromatic heterocycles. The van der Waals surface area contributed by atoms with Crippen molar-refractivity contribution in [1.82, 2.24) is 9.97 Å². The van der Waals surface area contributed by atoms with E-state index < -0.39 is 5.60 Å². The highest BCUT2D eigenvalue weighted by Crippen LogP contribution is 2.32. The van der Waals surface area contributed by atoms with Gasteiger partial charge in [-0.2, -0.15) is 4.98 Å². The van der Waals surface area contributed by atoms with Gasteiger partial charge >= 0.3 is 0 Å². The Morgan fingerprint density at radius 2 is 2.17 bits per heavy atom. The Balaban J connectivity index is 2.57. The van der Waals surface area contributed by atoms with Crippen LogP contribution in [0.4, 0.5) is 5.95 Å². The highest BCUT2D eigenvalue weighted by molar-refractivity contribution is 7.18. The Bertz CT molecular complexity index is 625. The van der Waals surface area contributed by atoms with Crippen LogP contribution in [0.2, 0.25) is 0 Å². The molecular formula is C13H15N3OS. The molecule has 0 saturated carbocycles. The summed E-state index contributed by atoms with van der Waals surface area (Å²) in [6.07, 6.45) is 5.44. The van der Waals surface area contributed by atoms with Gasteiger partial charge in [0.05, 0.1) is 5.39 Å². The maximum Gasteiger partial charge on any atom is 0.228 e. The van der Waals surface area contributed by atoms with Crippen LogP contribution in [0.15, 0.2) is 6.07 Å². The molecule has 0 atom stereocenters. The summed E-state index contributed by atoms with van der Waals surface area (Å²) in [5.41, 5.74) is -0.692. The zero-order valence-corrected chi connectivity index (χ0v) is 11.7. The molecule has 18 heavy (non-hydrogen) atoms. The number of nitrogens with zero attached hydrogens (tertiary/aromatic N) is 2. The van der Waals surface area contributed by atoms with E-state index in [0.717, 1.165) is 15.1 Å². The number of rotatable bonds is 3. The van der Waals surface area contributed by atoms with Crippen molar-refractivity contribution < 1.29 is 4.74 Å². The van der Waals surface area contributed by atoms with Crippen molar-refractivity contribution in [3.05, 3.63) is 10.9 Å². The van der Waals surface area contributed by atoms with Crippen LogP contribution in [0.5, 0.6) is 5.88 Å². The van der Waals surface area contributed by atoms with Gasteiger partial charge in [0.1, 0.15) is 4.83 Å². The van der Waals surface area contributed by atoms with E-state index in [9.17, 15) is 0 Å². The maximum absolute atomic E-state index is 5.80. The summed E-state index contributed by atoms with van der Waals surface area (Å²) < 4.78 is 5.80. The fraction of sp³-hybridized carbons (Fsp3) is 0.385. The highest BCUT2D eigenvalue weighted by Gasteiger charge is 2.20. The quantitative estimate of drug-likeness (QED) is 0.863. The summed E-state index contributed by atoms with van der Waals surface area (Å²) in [4.78, 5) is 10.8. The lowest BCUT2D eigenvalue weighted by Gasteiger charge is -2.19. The molecule has 0 amide bonds. The van der Waals surface area contributed by atoms with Gasteiger partial charge in [-0.3, -0.25) is 0 Å². The van der Waals surface area contributed by atoms with Gasteiger partial charge in [0.25, 0.3) is 0 Å². The number of hydrogen-bond donors (Lipinski definition) is 1. The first-order chi connectivity index (χ1) is 8.45. The zero-order chi connectivity index (χ0) is 13.3. The smallest absolute Gasteiger partial charge is 0.228 e. The predicted octanol–water partition coefficient (Wildman–Crippen LogP) is 2.83. The largest absolute Gasteiger partial charge is 0.458 e. The molecule has 0 aromatic carbocycles. The first kappa shape index (κ1) is 12.7. The van der Waals surface area contributed by atoms with E-state index >= 15 is 0 Å². The Labute approximate surface area is 110 Å². The number of aromatic nitrogens is 2. The molecule has 4 nitrogen and oxygen atoms in total. The molecule has 2 aromatic rings. The maximum atomic E-state index is 5.80. The summed E-state index contributed by atoms with van der Waals surface area (Å²) in [5, 5.41) is 3.83. The lowest BCUT2D eigenvalue weighted by molar-refractivity contribution is 0.167. The molecule has 0 aliphatic heterocycles. The van der Waals surface area contributed by atoms with Crippen LogP contribution >= 0.6 is 11.3 Å². The van der Waals surface area contributed by atoms with E-state index in [-0.39, 0.29) is 0 Å². The van der Waals surface area contributed by atoms with Crippen molar-refractivity contribution >= 4 is 27.5 Å². The lowest BCUT2D eigenvalue weighted by Crippen LogP contribution is -2.26. The minimum absolute atomic E-state index is 0.525. The van der Waals surface area contributed by atoms with E-state index in [1.807, 2.05) is 26.8 Å². The van der Waals surface area contributed by atoms with Gasteiger partial charge < -0.3 is 10.1 Å². The number of ether oxygens (including phenoxy) is 1. The second-order valence-corrected chi connectivity index (χ2v) is 5.67. The first-order valence-electron chi connectivity index (χ1n) is 5.58. The molecule has 0 spiro atoms. The molecule has 94 valence electrons. The van der Waals surface area contributed by atoms with Crippen molar-refractivity contribution in [3.8, 4) is 18.2 Å². The number of fused-ring (bicyclic) bond motifs is 1. The summed E-state index contributed by atoms with van der Waals surface area (Å²) in [6, 6.07) is 2.02. The van der Waals surface area contributed by atoms with Crippen molar-refractivity contribution in [3.63, 3.8) is 0 Å². The third kappa shape index (κ3) is 2.39. The number of nitrogens with one attached hydrogen (secondary N) is 1. The highest BCUT2D eigenvalue weighted by atomic mass is 32.1. The minimum atomic E-state index is -0.692. The number of anilines is 1. The second-order valence-electron chi connectivity index (χ2n) is 4.43. The van der Waals surface area contributed by atoms with Crippen molar-refractivity contribution in [1.29, 1.82) is 0 Å². The molecule has 0 unspecified atom stereocenters. The summed E-state index contributed by atoms with van der Waals surface area (Å²) >= 11 is 1.61. The van der Waals surface area contributed by atoms with E-state index in [0.29, 0.717) is 11.8 Å². The van der Waals surface area contributed by atoms with Gasteiger partial charge in [-0.1, -0.05) is 5.92 Å². The first-order valence-corrected chi connectivity index (χ1v) is 6.39. The van der Waals surface area contributed by atoms with Crippen LogP contribution in [-0.4, -0.2) is 22.6 Å². The van der Waals surface area contributed by atoms with Crippen LogP contribution in [0.25, 0.3) is 10.2 Å². The zero-order valence-electron chi connectivity index (χ0n) is 10.9. The Morgan fingerprint density at radius 3 is 2.78 bits per heavy atom. The number of thiophene rings is 1. The molecular weight excluding hydrogens is 246 g/mol. The van der Waals surface area contributed by atoms with Gasteiger partial charge in [-0.15, -0.1) is 17.8 Å². The molecule has 1 N–H and O–H groups in total. The Hall–Kier alpha value is -1.80. The third-order valence-electron chi connectivity index (χ3n) is 2.40. The monoisotopic (exact) mass is 261 g/mol. The number of aryl methyl sites for hydroxylation is 1. The molecule has 0 saturated heterocycles. The second kappa shape index (κ2) is 4.46.